The first kappa shape index (κ1) is 61.8. The van der Waals surface area contributed by atoms with Crippen molar-refractivity contribution in [3.63, 3.8) is 0 Å². The highest BCUT2D eigenvalue weighted by atomic mass is 16.2. The van der Waals surface area contributed by atoms with Crippen molar-refractivity contribution in [2.45, 2.75) is 165 Å². The van der Waals surface area contributed by atoms with Crippen molar-refractivity contribution in [2.24, 2.45) is 17.8 Å². The van der Waals surface area contributed by atoms with Crippen LogP contribution in [0.1, 0.15) is 165 Å². The summed E-state index contributed by atoms with van der Waals surface area (Å²) in [4.78, 5) is 111. The molecule has 5 N–H and O–H groups in total. The summed E-state index contributed by atoms with van der Waals surface area (Å²) < 4.78 is 0. The highest BCUT2D eigenvalue weighted by molar-refractivity contribution is 5.97. The van der Waals surface area contributed by atoms with Crippen LogP contribution in [0.25, 0.3) is 16.5 Å². The Morgan fingerprint density at radius 2 is 1.54 bits per heavy atom. The quantitative estimate of drug-likeness (QED) is 0.0214. The minimum Gasteiger partial charge on any atom is -0.348 e. The highest BCUT2D eigenvalue weighted by Gasteiger charge is 2.33. The SMILES string of the molecule is C=C1CC(C)C(=O)N1CCCCCC(=O)NCC(=O)NCC(=O)NC(Cc1ccccc1)C(=O)NCC(=O)NC1CCc2c(C)c(C)cc3nc(/C(C)=C/C(=C(/CCC)C(C)=O)C(C=O)CC)c(CC(C)C)c1c23.CC. The molecular weight excluding hydrogens is 959 g/mol. The van der Waals surface area contributed by atoms with Crippen LogP contribution in [-0.2, 0) is 57.6 Å². The Labute approximate surface area is 451 Å². The molecule has 0 bridgehead atoms. The van der Waals surface area contributed by atoms with Crippen LogP contribution in [0, 0.1) is 31.6 Å². The Morgan fingerprint density at radius 3 is 2.16 bits per heavy atom. The summed E-state index contributed by atoms with van der Waals surface area (Å²) in [5.74, 6) is -2.82. The lowest BCUT2D eigenvalue weighted by Gasteiger charge is -2.32. The molecule has 76 heavy (non-hydrogen) atoms. The van der Waals surface area contributed by atoms with E-state index in [2.05, 4.69) is 66.9 Å². The molecule has 2 aromatic carbocycles. The van der Waals surface area contributed by atoms with Gasteiger partial charge >= 0.3 is 0 Å². The first-order valence-electron chi connectivity index (χ1n) is 27.5. The third-order valence-electron chi connectivity index (χ3n) is 14.2. The number of ketones is 1. The van der Waals surface area contributed by atoms with E-state index in [0.717, 1.165) is 75.7 Å². The van der Waals surface area contributed by atoms with Gasteiger partial charge in [-0.05, 0) is 141 Å². The second-order valence-corrected chi connectivity index (χ2v) is 20.6. The largest absolute Gasteiger partial charge is 0.348 e. The number of nitrogens with zero attached hydrogens (tertiary/aromatic N) is 2. The Balaban J connectivity index is 0.00000616. The summed E-state index contributed by atoms with van der Waals surface area (Å²) in [6, 6.07) is 9.68. The predicted octanol–water partition coefficient (Wildman–Crippen LogP) is 8.51. The maximum atomic E-state index is 14.1. The number of aromatic nitrogens is 1. The monoisotopic (exact) mass is 1040 g/mol. The number of benzene rings is 2. The van der Waals surface area contributed by atoms with Crippen molar-refractivity contribution < 1.29 is 38.4 Å². The van der Waals surface area contributed by atoms with E-state index in [0.29, 0.717) is 62.6 Å². The minimum absolute atomic E-state index is 0.0498. The van der Waals surface area contributed by atoms with Crippen LogP contribution in [0.2, 0.25) is 0 Å². The number of amides is 6. The Bertz CT molecular complexity index is 2670. The topological polar surface area (TPSA) is 213 Å². The van der Waals surface area contributed by atoms with E-state index < -0.39 is 48.2 Å². The number of pyridine rings is 1. The molecule has 0 radical (unpaired) electrons. The zero-order chi connectivity index (χ0) is 56.2. The van der Waals surface area contributed by atoms with E-state index in [9.17, 15) is 38.4 Å². The first-order valence-corrected chi connectivity index (χ1v) is 27.5. The highest BCUT2D eigenvalue weighted by Crippen LogP contribution is 2.43. The van der Waals surface area contributed by atoms with Crippen LogP contribution in [0.4, 0.5) is 0 Å². The molecule has 4 atom stereocenters. The molecule has 6 amide bonds. The third-order valence-corrected chi connectivity index (χ3v) is 14.2. The molecule has 3 aromatic rings. The van der Waals surface area contributed by atoms with Gasteiger partial charge in [-0.2, -0.15) is 0 Å². The number of aldehydes is 1. The maximum Gasteiger partial charge on any atom is 0.243 e. The van der Waals surface area contributed by atoms with Crippen LogP contribution in [-0.4, -0.2) is 89.6 Å². The standard InChI is InChI=1S/C59H79N7O8.C2H6/c1-11-19-45(41(10)68)46(43(12-2)34-67)28-37(6)57-47(26-35(3)4)56-48(24-23-44-40(9)36(5)29-49(65-57)55(44)56)63-54(72)33-62-58(73)50(30-42-20-15-13-16-21-42)64-53(71)32-61-52(70)31-60-51(69)22-17-14-18-25-66-39(8)27-38(7)59(66)74;1-2/h13,15-16,20-21,28-29,34-35,38,43,48,50H,8,11-12,14,17-19,22-27,30-33H2,1-7,9-10H3,(H,60,69)(H,61,70)(H,62,73)(H,63,72)(H,64,71);1-2H3/b37-28+,46-45+;. The van der Waals surface area contributed by atoms with Crippen molar-refractivity contribution in [1.29, 1.82) is 0 Å². The van der Waals surface area contributed by atoms with Gasteiger partial charge in [-0.3, -0.25) is 33.6 Å². The predicted molar refractivity (Wildman–Crippen MR) is 301 cm³/mol. The average molecular weight is 1040 g/mol. The van der Waals surface area contributed by atoms with E-state index in [1.807, 2.05) is 78.0 Å². The number of allylic oxidation sites excluding steroid dienone is 5. The number of rotatable bonds is 27. The summed E-state index contributed by atoms with van der Waals surface area (Å²) >= 11 is 0. The van der Waals surface area contributed by atoms with Crippen molar-refractivity contribution in [2.75, 3.05) is 26.2 Å². The molecule has 0 spiro atoms. The molecule has 4 unspecified atom stereocenters. The molecule has 15 heteroatoms. The van der Waals surface area contributed by atoms with Gasteiger partial charge in [-0.15, -0.1) is 0 Å². The molecule has 2 aliphatic rings. The van der Waals surface area contributed by atoms with Crippen LogP contribution in [0.3, 0.4) is 0 Å². The van der Waals surface area contributed by atoms with Gasteiger partial charge in [0.2, 0.25) is 35.4 Å². The number of likely N-dealkylation sites (tertiary alicyclic amines) is 1. The molecule has 1 saturated heterocycles. The molecule has 1 aliphatic carbocycles. The van der Waals surface area contributed by atoms with E-state index in [1.54, 1.807) is 11.8 Å². The van der Waals surface area contributed by atoms with Crippen LogP contribution in [0.5, 0.6) is 0 Å². The van der Waals surface area contributed by atoms with Gasteiger partial charge in [0.25, 0.3) is 0 Å². The van der Waals surface area contributed by atoms with E-state index in [4.69, 9.17) is 4.98 Å². The molecule has 1 aliphatic heterocycles. The molecule has 15 nitrogen and oxygen atoms in total. The normalized spacial score (nSPS) is 16.3. The molecular formula is C61H85N7O8. The zero-order valence-electron chi connectivity index (χ0n) is 47.2. The Morgan fingerprint density at radius 1 is 0.868 bits per heavy atom. The molecule has 412 valence electrons. The van der Waals surface area contributed by atoms with Crippen LogP contribution in [0.15, 0.2) is 65.9 Å². The number of Topliss-reactive ketones (excluding diaryl/α,β-unsaturated/α-hetero) is 1. The number of hydrogen-bond donors (Lipinski definition) is 5. The number of hydrogen-bond acceptors (Lipinski definition) is 9. The summed E-state index contributed by atoms with van der Waals surface area (Å²) in [5.41, 5.74) is 10.7. The van der Waals surface area contributed by atoms with Crippen LogP contribution >= 0.6 is 0 Å². The zero-order valence-corrected chi connectivity index (χ0v) is 47.2. The molecule has 1 aromatic heterocycles. The fraction of sp³-hybridized carbons (Fsp3) is 0.525. The average Bonchev–Trinajstić information content (AvgIpc) is 3.64. The smallest absolute Gasteiger partial charge is 0.243 e. The van der Waals surface area contributed by atoms with Gasteiger partial charge in [0.1, 0.15) is 12.3 Å². The van der Waals surface area contributed by atoms with Crippen molar-refractivity contribution in [1.82, 2.24) is 36.5 Å². The van der Waals surface area contributed by atoms with Gasteiger partial charge in [0, 0.05) is 42.3 Å². The summed E-state index contributed by atoms with van der Waals surface area (Å²) in [5, 5.41) is 14.8. The second-order valence-electron chi connectivity index (χ2n) is 20.6. The van der Waals surface area contributed by atoms with E-state index >= 15 is 0 Å². The van der Waals surface area contributed by atoms with Gasteiger partial charge in [-0.1, -0.05) is 104 Å². The van der Waals surface area contributed by atoms with Crippen LogP contribution < -0.4 is 26.6 Å². The van der Waals surface area contributed by atoms with Crippen molar-refractivity contribution >= 4 is 64.0 Å². The molecule has 1 fully saturated rings. The second kappa shape index (κ2) is 30.1. The van der Waals surface area contributed by atoms with Gasteiger partial charge < -0.3 is 36.3 Å². The number of carbonyl (C=O) groups is 8. The van der Waals surface area contributed by atoms with Crippen molar-refractivity contribution in [3.8, 4) is 0 Å². The van der Waals surface area contributed by atoms with Crippen molar-refractivity contribution in [3.05, 3.63) is 105 Å². The van der Waals surface area contributed by atoms with Gasteiger partial charge in [0.05, 0.1) is 36.9 Å². The maximum absolute atomic E-state index is 14.1. The first-order chi connectivity index (χ1) is 36.3. The lowest BCUT2D eigenvalue weighted by atomic mass is 9.78. The fourth-order valence-corrected chi connectivity index (χ4v) is 10.2. The van der Waals surface area contributed by atoms with Gasteiger partial charge in [0.15, 0.2) is 5.78 Å². The number of aryl methyl sites for hydroxylation is 2. The third kappa shape index (κ3) is 16.9. The Hall–Kier alpha value is -6.77. The molecule has 5 rings (SSSR count). The number of carbonyl (C=O) groups excluding carboxylic acids is 8. The van der Waals surface area contributed by atoms with E-state index in [-0.39, 0.29) is 55.4 Å². The summed E-state index contributed by atoms with van der Waals surface area (Å²) in [6.07, 6.45) is 9.70. The van der Waals surface area contributed by atoms with Gasteiger partial charge in [-0.25, -0.2) is 4.98 Å². The lowest BCUT2D eigenvalue weighted by molar-refractivity contribution is -0.131. The van der Waals surface area contributed by atoms with E-state index in [1.165, 1.54) is 11.1 Å². The molecule has 2 heterocycles. The number of nitrogens with one attached hydrogen (secondary N) is 5. The number of unbranched alkanes of at least 4 members (excludes halogenated alkanes) is 2. The minimum atomic E-state index is -1.09. The molecule has 0 saturated carbocycles. The Kier molecular flexibility index (Phi) is 24.5. The lowest BCUT2D eigenvalue weighted by Crippen LogP contribution is -2.52. The summed E-state index contributed by atoms with van der Waals surface area (Å²) in [7, 11) is 0. The fourth-order valence-electron chi connectivity index (χ4n) is 10.2. The summed E-state index contributed by atoms with van der Waals surface area (Å²) in [6.45, 7) is 25.2.